The summed E-state index contributed by atoms with van der Waals surface area (Å²) in [6.07, 6.45) is -3.24. The average molecular weight is 560 g/mol. The van der Waals surface area contributed by atoms with E-state index in [4.69, 9.17) is 16.3 Å². The predicted octanol–water partition coefficient (Wildman–Crippen LogP) is -7.03. The zero-order valence-corrected chi connectivity index (χ0v) is 25.1. The summed E-state index contributed by atoms with van der Waals surface area (Å²) in [6, 6.07) is 8.36. The number of imidazole rings is 1. The van der Waals surface area contributed by atoms with Crippen LogP contribution in [-0.4, -0.2) is 72.4 Å². The van der Waals surface area contributed by atoms with Crippen LogP contribution >= 0.6 is 19.4 Å². The monoisotopic (exact) mass is 559 g/mol. The Morgan fingerprint density at radius 3 is 2.50 bits per heavy atom. The number of aliphatic hydroxyl groups is 3. The first-order valence-corrected chi connectivity index (χ1v) is 12.0. The van der Waals surface area contributed by atoms with Crippen LogP contribution in [0.2, 0.25) is 5.28 Å². The van der Waals surface area contributed by atoms with Gasteiger partial charge in [0.25, 0.3) is 0 Å². The van der Waals surface area contributed by atoms with Gasteiger partial charge in [0.2, 0.25) is 5.28 Å². The van der Waals surface area contributed by atoms with Crippen LogP contribution in [0.15, 0.2) is 36.7 Å². The Bertz CT molecular complexity index is 1190. The molecule has 17 heteroatoms. The molecule has 5 atom stereocenters. The number of aliphatic hydroxyl groups excluding tert-OH is 3. The Hall–Kier alpha value is -0.190. The molecule has 0 saturated carbocycles. The standard InChI is InChI=1S/C19H23ClN5O8P.2Na/c20-19-23-16(22-11(8-32-34(29,30)31)6-10-4-2-1-3-5-10)13-17(24-19)25(9-21-13)18-15(28)14(27)12(7-26)33-18;;/h1-5,9,11-12,14-15,18,26-28H,6-8H2,(H,22,23,24)(H2,29,30,31);;/q;2*+1/p-2/t11?,12-,14-,15-,18-;;/m1../s1. The SMILES string of the molecule is O=P([O-])([O-])OCC(Cc1ccccc1)Nc1nc(Cl)nc2c1ncn2[C@@H]1O[C@H](CO)[C@@H](O)[C@H]1O.[Na+].[Na+]. The summed E-state index contributed by atoms with van der Waals surface area (Å²) in [6.45, 7) is -0.980. The van der Waals surface area contributed by atoms with E-state index in [1.807, 2.05) is 30.3 Å². The van der Waals surface area contributed by atoms with Crippen molar-refractivity contribution in [3.8, 4) is 0 Å². The summed E-state index contributed by atoms with van der Waals surface area (Å²) in [5.74, 6) is 0.122. The Balaban J connectivity index is 0.00000228. The molecule has 184 valence electrons. The van der Waals surface area contributed by atoms with Gasteiger partial charge in [-0.3, -0.25) is 4.57 Å². The van der Waals surface area contributed by atoms with Gasteiger partial charge in [-0.25, -0.2) is 4.98 Å². The van der Waals surface area contributed by atoms with Crippen molar-refractivity contribution in [3.63, 3.8) is 0 Å². The van der Waals surface area contributed by atoms with Crippen LogP contribution in [0.3, 0.4) is 0 Å². The Morgan fingerprint density at radius 2 is 1.89 bits per heavy atom. The fourth-order valence-corrected chi connectivity index (χ4v) is 4.24. The number of hydrogen-bond donors (Lipinski definition) is 4. The molecular weight excluding hydrogens is 539 g/mol. The van der Waals surface area contributed by atoms with Crippen molar-refractivity contribution in [2.24, 2.45) is 0 Å². The van der Waals surface area contributed by atoms with Gasteiger partial charge in [0.05, 0.1) is 33.4 Å². The number of ether oxygens (including phenoxy) is 1. The molecule has 0 spiro atoms. The van der Waals surface area contributed by atoms with Gasteiger partial charge in [-0.2, -0.15) is 9.97 Å². The minimum atomic E-state index is -5.23. The van der Waals surface area contributed by atoms with Crippen molar-refractivity contribution in [2.75, 3.05) is 18.5 Å². The normalized spacial score (nSPS) is 22.6. The summed E-state index contributed by atoms with van der Waals surface area (Å²) in [7, 11) is -5.23. The molecule has 13 nitrogen and oxygen atoms in total. The quantitative estimate of drug-likeness (QED) is 0.110. The number of fused-ring (bicyclic) bond motifs is 1. The Morgan fingerprint density at radius 1 is 1.19 bits per heavy atom. The first-order valence-electron chi connectivity index (χ1n) is 10.2. The van der Waals surface area contributed by atoms with Crippen molar-refractivity contribution >= 4 is 36.4 Å². The largest absolute Gasteiger partial charge is 1.00 e. The van der Waals surface area contributed by atoms with E-state index >= 15 is 0 Å². The number of benzene rings is 1. The molecule has 3 aromatic rings. The molecular formula is C19H21ClN5Na2O8P. The Kier molecular flexibility index (Phi) is 12.2. The van der Waals surface area contributed by atoms with Gasteiger partial charge in [-0.1, -0.05) is 30.3 Å². The molecule has 1 fully saturated rings. The molecule has 36 heavy (non-hydrogen) atoms. The summed E-state index contributed by atoms with van der Waals surface area (Å²) in [4.78, 5) is 34.6. The average Bonchev–Trinajstić information content (AvgIpc) is 3.33. The van der Waals surface area contributed by atoms with Crippen molar-refractivity contribution in [1.29, 1.82) is 0 Å². The molecule has 1 saturated heterocycles. The van der Waals surface area contributed by atoms with E-state index in [0.717, 1.165) is 5.56 Å². The fraction of sp³-hybridized carbons (Fsp3) is 0.421. The summed E-state index contributed by atoms with van der Waals surface area (Å²) >= 11 is 6.10. The van der Waals surface area contributed by atoms with E-state index in [2.05, 4.69) is 24.8 Å². The molecule has 1 aliphatic heterocycles. The van der Waals surface area contributed by atoms with Crippen LogP contribution < -0.4 is 74.2 Å². The van der Waals surface area contributed by atoms with Crippen LogP contribution in [0.25, 0.3) is 11.2 Å². The van der Waals surface area contributed by atoms with Crippen LogP contribution in [0.4, 0.5) is 5.82 Å². The Labute approximate surface area is 255 Å². The summed E-state index contributed by atoms with van der Waals surface area (Å²) < 4.78 is 22.4. The molecule has 0 aliphatic carbocycles. The third-order valence-electron chi connectivity index (χ3n) is 5.29. The maximum Gasteiger partial charge on any atom is 1.00 e. The second-order valence-electron chi connectivity index (χ2n) is 7.67. The maximum atomic E-state index is 11.0. The van der Waals surface area contributed by atoms with Crippen LogP contribution in [0, 0.1) is 0 Å². The molecule has 2 aromatic heterocycles. The summed E-state index contributed by atoms with van der Waals surface area (Å²) in [5, 5.41) is 32.6. The zero-order chi connectivity index (χ0) is 24.5. The van der Waals surface area contributed by atoms with Gasteiger partial charge < -0.3 is 44.2 Å². The zero-order valence-electron chi connectivity index (χ0n) is 19.5. The number of anilines is 1. The van der Waals surface area contributed by atoms with Crippen molar-refractivity contribution in [1.82, 2.24) is 19.5 Å². The molecule has 1 aliphatic rings. The van der Waals surface area contributed by atoms with E-state index in [1.54, 1.807) is 0 Å². The number of nitrogens with one attached hydrogen (secondary N) is 1. The van der Waals surface area contributed by atoms with Gasteiger partial charge in [0, 0.05) is 0 Å². The van der Waals surface area contributed by atoms with Gasteiger partial charge >= 0.3 is 59.1 Å². The minimum absolute atomic E-state index is 0. The van der Waals surface area contributed by atoms with Gasteiger partial charge in [-0.05, 0) is 23.6 Å². The van der Waals surface area contributed by atoms with Gasteiger partial charge in [-0.15, -0.1) is 0 Å². The van der Waals surface area contributed by atoms with Crippen molar-refractivity contribution in [3.05, 3.63) is 47.5 Å². The fourth-order valence-electron chi connectivity index (χ4n) is 3.71. The van der Waals surface area contributed by atoms with Crippen molar-refractivity contribution in [2.45, 2.75) is 37.0 Å². The number of phosphoric ester groups is 1. The smallest absolute Gasteiger partial charge is 0.790 e. The van der Waals surface area contributed by atoms with Crippen LogP contribution in [0.1, 0.15) is 11.8 Å². The van der Waals surface area contributed by atoms with Crippen molar-refractivity contribution < 1.29 is 98.0 Å². The molecule has 0 bridgehead atoms. The summed E-state index contributed by atoms with van der Waals surface area (Å²) in [5.41, 5.74) is 1.19. The van der Waals surface area contributed by atoms with E-state index in [1.165, 1.54) is 10.9 Å². The first kappa shape index (κ1) is 32.0. The number of nitrogens with zero attached hydrogens (tertiary/aromatic N) is 4. The van der Waals surface area contributed by atoms with E-state index in [-0.39, 0.29) is 87.8 Å². The van der Waals surface area contributed by atoms with Gasteiger partial charge in [0.15, 0.2) is 23.2 Å². The molecule has 1 unspecified atom stereocenters. The molecule has 1 aromatic carbocycles. The third-order valence-corrected chi connectivity index (χ3v) is 5.92. The molecule has 4 N–H and O–H groups in total. The van der Waals surface area contributed by atoms with Crippen LogP contribution in [-0.2, 0) is 20.2 Å². The molecule has 3 heterocycles. The minimum Gasteiger partial charge on any atom is -0.790 e. The number of phosphoric acid groups is 1. The second-order valence-corrected chi connectivity index (χ2v) is 9.16. The second kappa shape index (κ2) is 13.7. The number of hydrogen-bond acceptors (Lipinski definition) is 12. The topological polar surface area (TPSA) is 198 Å². The predicted molar refractivity (Wildman–Crippen MR) is 114 cm³/mol. The van der Waals surface area contributed by atoms with E-state index in [0.29, 0.717) is 0 Å². The molecule has 0 radical (unpaired) electrons. The first-order chi connectivity index (χ1) is 16.2. The number of aromatic nitrogens is 4. The number of halogens is 1. The maximum absolute atomic E-state index is 11.0. The van der Waals surface area contributed by atoms with E-state index in [9.17, 15) is 29.7 Å². The molecule has 4 rings (SSSR count). The van der Waals surface area contributed by atoms with Gasteiger partial charge in [0.1, 0.15) is 18.3 Å². The molecule has 0 amide bonds. The van der Waals surface area contributed by atoms with Crippen LogP contribution in [0.5, 0.6) is 0 Å². The number of rotatable bonds is 9. The third kappa shape index (κ3) is 7.69. The van der Waals surface area contributed by atoms with E-state index < -0.39 is 51.6 Å².